The molecular weight excluding hydrogens is 408 g/mol. The number of carbonyl (C=O) groups excluding carboxylic acids is 1. The Labute approximate surface area is 186 Å². The van der Waals surface area contributed by atoms with Gasteiger partial charge in [0.2, 0.25) is 0 Å². The van der Waals surface area contributed by atoms with Gasteiger partial charge in [0, 0.05) is 17.4 Å². The lowest BCUT2D eigenvalue weighted by Crippen LogP contribution is -2.31. The SMILES string of the molecule is Cc1csc(N(C(=O)COc2cccc3c2OC(C)(C)C3)c2ccc(C3=CC3)cc2)n1. The van der Waals surface area contributed by atoms with Crippen molar-refractivity contribution < 1.29 is 14.3 Å². The van der Waals surface area contributed by atoms with Crippen molar-refractivity contribution >= 4 is 33.6 Å². The van der Waals surface area contributed by atoms with Gasteiger partial charge in [-0.05, 0) is 56.5 Å². The van der Waals surface area contributed by atoms with E-state index < -0.39 is 0 Å². The molecule has 0 spiro atoms. The number of aryl methyl sites for hydroxylation is 1. The molecule has 0 atom stereocenters. The number of anilines is 2. The molecule has 0 N–H and O–H groups in total. The van der Waals surface area contributed by atoms with E-state index in [0.717, 1.165) is 35.5 Å². The lowest BCUT2D eigenvalue weighted by atomic mass is 10.0. The quantitative estimate of drug-likeness (QED) is 0.502. The van der Waals surface area contributed by atoms with Crippen molar-refractivity contribution in [3.05, 3.63) is 70.7 Å². The minimum Gasteiger partial charge on any atom is -0.483 e. The number of thiazole rings is 1. The zero-order valence-corrected chi connectivity index (χ0v) is 18.7. The summed E-state index contributed by atoms with van der Waals surface area (Å²) in [6.45, 7) is 5.92. The molecule has 0 bridgehead atoms. The molecule has 6 heteroatoms. The van der Waals surface area contributed by atoms with Gasteiger partial charge < -0.3 is 9.47 Å². The summed E-state index contributed by atoms with van der Waals surface area (Å²) in [4.78, 5) is 19.5. The number of allylic oxidation sites excluding steroid dienone is 2. The number of hydrogen-bond donors (Lipinski definition) is 0. The predicted octanol–water partition coefficient (Wildman–Crippen LogP) is 5.70. The molecule has 5 nitrogen and oxygen atoms in total. The fourth-order valence-electron chi connectivity index (χ4n) is 3.82. The molecule has 3 aromatic rings. The highest BCUT2D eigenvalue weighted by molar-refractivity contribution is 7.14. The fourth-order valence-corrected chi connectivity index (χ4v) is 4.66. The molecule has 1 amide bonds. The first-order valence-corrected chi connectivity index (χ1v) is 11.3. The van der Waals surface area contributed by atoms with Gasteiger partial charge in [-0.25, -0.2) is 4.98 Å². The van der Waals surface area contributed by atoms with E-state index in [9.17, 15) is 4.79 Å². The van der Waals surface area contributed by atoms with E-state index in [4.69, 9.17) is 9.47 Å². The Bertz CT molecular complexity index is 1180. The molecule has 1 aliphatic heterocycles. The van der Waals surface area contributed by atoms with Gasteiger partial charge in [0.15, 0.2) is 23.2 Å². The van der Waals surface area contributed by atoms with E-state index in [0.29, 0.717) is 10.9 Å². The Morgan fingerprint density at radius 3 is 2.68 bits per heavy atom. The normalized spacial score (nSPS) is 15.6. The summed E-state index contributed by atoms with van der Waals surface area (Å²) in [6, 6.07) is 13.9. The number of ether oxygens (including phenoxy) is 2. The lowest BCUT2D eigenvalue weighted by Gasteiger charge is -2.21. The second kappa shape index (κ2) is 7.54. The monoisotopic (exact) mass is 432 g/mol. The molecule has 0 fully saturated rings. The number of para-hydroxylation sites is 1. The van der Waals surface area contributed by atoms with Gasteiger partial charge in [-0.1, -0.05) is 30.3 Å². The third-order valence-corrected chi connectivity index (χ3v) is 6.30. The summed E-state index contributed by atoms with van der Waals surface area (Å²) in [7, 11) is 0. The third kappa shape index (κ3) is 4.08. The molecule has 0 unspecified atom stereocenters. The van der Waals surface area contributed by atoms with E-state index in [1.54, 1.807) is 4.90 Å². The topological polar surface area (TPSA) is 51.7 Å². The second-order valence-corrected chi connectivity index (χ2v) is 9.39. The fraction of sp³-hybridized carbons (Fsp3) is 0.280. The molecule has 31 heavy (non-hydrogen) atoms. The Morgan fingerprint density at radius 2 is 2.00 bits per heavy atom. The standard InChI is InChI=1S/C25H24N2O3S/c1-16-15-31-24(26-16)27(20-11-9-18(10-12-20)17-7-8-17)22(28)14-29-21-6-4-5-19-13-25(2,3)30-23(19)21/h4-7,9-12,15H,8,13-14H2,1-3H3. The van der Waals surface area contributed by atoms with E-state index in [2.05, 4.69) is 37.0 Å². The first-order valence-electron chi connectivity index (χ1n) is 10.4. The van der Waals surface area contributed by atoms with Gasteiger partial charge in [0.1, 0.15) is 5.60 Å². The van der Waals surface area contributed by atoms with Crippen LogP contribution >= 0.6 is 11.3 Å². The van der Waals surface area contributed by atoms with Gasteiger partial charge in [-0.15, -0.1) is 11.3 Å². The molecule has 2 aromatic carbocycles. The maximum Gasteiger partial charge on any atom is 0.271 e. The molecule has 0 saturated heterocycles. The maximum atomic E-state index is 13.3. The van der Waals surface area contributed by atoms with Crippen LogP contribution in [0, 0.1) is 6.92 Å². The highest BCUT2D eigenvalue weighted by Crippen LogP contribution is 2.42. The summed E-state index contributed by atoms with van der Waals surface area (Å²) in [5, 5.41) is 2.58. The van der Waals surface area contributed by atoms with Crippen molar-refractivity contribution in [2.75, 3.05) is 11.5 Å². The van der Waals surface area contributed by atoms with Crippen LogP contribution in [0.4, 0.5) is 10.8 Å². The third-order valence-electron chi connectivity index (χ3n) is 5.36. The molecule has 2 heterocycles. The average molecular weight is 433 g/mol. The summed E-state index contributed by atoms with van der Waals surface area (Å²) in [5.41, 5.74) is 5.04. The highest BCUT2D eigenvalue weighted by Gasteiger charge is 2.32. The summed E-state index contributed by atoms with van der Waals surface area (Å²) < 4.78 is 12.0. The van der Waals surface area contributed by atoms with Crippen LogP contribution < -0.4 is 14.4 Å². The number of fused-ring (bicyclic) bond motifs is 1. The maximum absolute atomic E-state index is 13.3. The van der Waals surface area contributed by atoms with Crippen LogP contribution in [0.1, 0.15) is 37.1 Å². The van der Waals surface area contributed by atoms with E-state index in [-0.39, 0.29) is 18.1 Å². The van der Waals surface area contributed by atoms with Gasteiger partial charge in [0.05, 0.1) is 11.4 Å². The minimum absolute atomic E-state index is 0.105. The highest BCUT2D eigenvalue weighted by atomic mass is 32.1. The Morgan fingerprint density at radius 1 is 1.23 bits per heavy atom. The van der Waals surface area contributed by atoms with Crippen LogP contribution in [-0.2, 0) is 11.2 Å². The largest absolute Gasteiger partial charge is 0.483 e. The molecule has 5 rings (SSSR count). The zero-order valence-electron chi connectivity index (χ0n) is 17.8. The van der Waals surface area contributed by atoms with Crippen molar-refractivity contribution in [2.45, 2.75) is 39.2 Å². The number of amides is 1. The summed E-state index contributed by atoms with van der Waals surface area (Å²) >= 11 is 1.45. The van der Waals surface area contributed by atoms with Crippen LogP contribution in [0.2, 0.25) is 0 Å². The van der Waals surface area contributed by atoms with E-state index in [1.807, 2.05) is 42.6 Å². The number of nitrogens with zero attached hydrogens (tertiary/aromatic N) is 2. The number of aromatic nitrogens is 1. The van der Waals surface area contributed by atoms with Crippen molar-refractivity contribution in [3.63, 3.8) is 0 Å². The number of carbonyl (C=O) groups is 1. The first-order chi connectivity index (χ1) is 14.9. The number of benzene rings is 2. The average Bonchev–Trinajstić information content (AvgIpc) is 3.42. The Hall–Kier alpha value is -3.12. The lowest BCUT2D eigenvalue weighted by molar-refractivity contribution is -0.119. The van der Waals surface area contributed by atoms with Gasteiger partial charge in [0.25, 0.3) is 5.91 Å². The minimum atomic E-state index is -0.269. The number of hydrogen-bond acceptors (Lipinski definition) is 5. The molecule has 1 aliphatic carbocycles. The summed E-state index contributed by atoms with van der Waals surface area (Å²) in [6.07, 6.45) is 4.06. The van der Waals surface area contributed by atoms with Gasteiger partial charge in [-0.3, -0.25) is 9.69 Å². The Balaban J connectivity index is 1.38. The molecule has 1 aromatic heterocycles. The van der Waals surface area contributed by atoms with Crippen molar-refractivity contribution in [3.8, 4) is 11.5 Å². The molecule has 0 radical (unpaired) electrons. The van der Waals surface area contributed by atoms with Crippen LogP contribution in [0.15, 0.2) is 53.9 Å². The van der Waals surface area contributed by atoms with Gasteiger partial charge in [-0.2, -0.15) is 0 Å². The Kier molecular flexibility index (Phi) is 4.82. The van der Waals surface area contributed by atoms with Gasteiger partial charge >= 0.3 is 0 Å². The van der Waals surface area contributed by atoms with Crippen molar-refractivity contribution in [2.24, 2.45) is 0 Å². The molecule has 158 valence electrons. The van der Waals surface area contributed by atoms with Crippen LogP contribution in [0.3, 0.4) is 0 Å². The predicted molar refractivity (Wildman–Crippen MR) is 123 cm³/mol. The van der Waals surface area contributed by atoms with Crippen LogP contribution in [0.5, 0.6) is 11.5 Å². The van der Waals surface area contributed by atoms with Crippen molar-refractivity contribution in [1.82, 2.24) is 4.98 Å². The molecular formula is C25H24N2O3S. The zero-order chi connectivity index (χ0) is 21.6. The smallest absolute Gasteiger partial charge is 0.271 e. The second-order valence-electron chi connectivity index (χ2n) is 8.55. The van der Waals surface area contributed by atoms with Crippen LogP contribution in [0.25, 0.3) is 5.57 Å². The number of rotatable bonds is 6. The van der Waals surface area contributed by atoms with Crippen LogP contribution in [-0.4, -0.2) is 23.1 Å². The summed E-state index contributed by atoms with van der Waals surface area (Å²) in [5.74, 6) is 1.16. The van der Waals surface area contributed by atoms with E-state index in [1.165, 1.54) is 22.5 Å². The van der Waals surface area contributed by atoms with Crippen molar-refractivity contribution in [1.29, 1.82) is 0 Å². The molecule has 2 aliphatic rings. The first kappa shape index (κ1) is 19.8. The van der Waals surface area contributed by atoms with E-state index >= 15 is 0 Å². The molecule has 0 saturated carbocycles.